The molecule has 2 rings (SSSR count). The molecule has 0 unspecified atom stereocenters. The summed E-state index contributed by atoms with van der Waals surface area (Å²) in [4.78, 5) is 16.2. The number of carboxylic acid groups (broad SMARTS) is 1. The van der Waals surface area contributed by atoms with E-state index < -0.39 is 5.97 Å². The number of aromatic nitrogens is 1. The molecule has 0 amide bonds. The highest BCUT2D eigenvalue weighted by Crippen LogP contribution is 2.29. The lowest BCUT2D eigenvalue weighted by Crippen LogP contribution is -1.88. The van der Waals surface area contributed by atoms with Gasteiger partial charge in [0.1, 0.15) is 5.01 Å². The smallest absolute Gasteiger partial charge is 0.328 e. The first-order valence-electron chi connectivity index (χ1n) is 6.17. The molecule has 0 saturated carbocycles. The molecule has 0 saturated heterocycles. The van der Waals surface area contributed by atoms with E-state index in [-0.39, 0.29) is 0 Å². The van der Waals surface area contributed by atoms with Gasteiger partial charge in [0.25, 0.3) is 0 Å². The van der Waals surface area contributed by atoms with Gasteiger partial charge in [0.05, 0.1) is 10.6 Å². The van der Waals surface area contributed by atoms with E-state index in [0.29, 0.717) is 0 Å². The number of rotatable bonds is 5. The van der Waals surface area contributed by atoms with Crippen molar-refractivity contribution < 1.29 is 9.90 Å². The average Bonchev–Trinajstić information content (AvgIpc) is 2.81. The highest BCUT2D eigenvalue weighted by atomic mass is 32.1. The van der Waals surface area contributed by atoms with Gasteiger partial charge in [-0.05, 0) is 12.5 Å². The standard InChI is InChI=1S/C15H15NO2S/c1-2-6-12-13(9-10-14(17)18)19-15(16-12)11-7-4-3-5-8-11/h3-5,7-10H,2,6H2,1H3,(H,17,18)/b10-9+. The lowest BCUT2D eigenvalue weighted by Gasteiger charge is -1.94. The monoisotopic (exact) mass is 273 g/mol. The third-order valence-electron chi connectivity index (χ3n) is 2.61. The molecule has 3 nitrogen and oxygen atoms in total. The summed E-state index contributed by atoms with van der Waals surface area (Å²) in [5, 5.41) is 9.66. The minimum absolute atomic E-state index is 0.864. The maximum atomic E-state index is 10.6. The second-order valence-corrected chi connectivity index (χ2v) is 5.15. The van der Waals surface area contributed by atoms with Crippen molar-refractivity contribution in [1.29, 1.82) is 0 Å². The first kappa shape index (κ1) is 13.5. The minimum atomic E-state index is -0.933. The Labute approximate surface area is 116 Å². The number of hydrogen-bond donors (Lipinski definition) is 1. The molecular formula is C15H15NO2S. The van der Waals surface area contributed by atoms with Crippen molar-refractivity contribution >= 4 is 23.4 Å². The minimum Gasteiger partial charge on any atom is -0.478 e. The number of benzene rings is 1. The van der Waals surface area contributed by atoms with Crippen LogP contribution >= 0.6 is 11.3 Å². The normalized spacial score (nSPS) is 11.0. The van der Waals surface area contributed by atoms with Gasteiger partial charge in [-0.2, -0.15) is 0 Å². The van der Waals surface area contributed by atoms with E-state index in [1.165, 1.54) is 17.4 Å². The van der Waals surface area contributed by atoms with Crippen LogP contribution in [0.2, 0.25) is 0 Å². The van der Waals surface area contributed by atoms with Gasteiger partial charge >= 0.3 is 5.97 Å². The van der Waals surface area contributed by atoms with Gasteiger partial charge in [-0.1, -0.05) is 43.7 Å². The molecule has 1 aromatic carbocycles. The summed E-state index contributed by atoms with van der Waals surface area (Å²) in [5.41, 5.74) is 2.05. The van der Waals surface area contributed by atoms with Crippen LogP contribution < -0.4 is 0 Å². The van der Waals surface area contributed by atoms with Gasteiger partial charge in [0.2, 0.25) is 0 Å². The first-order valence-corrected chi connectivity index (χ1v) is 6.98. The molecule has 2 aromatic rings. The molecule has 19 heavy (non-hydrogen) atoms. The lowest BCUT2D eigenvalue weighted by atomic mass is 10.2. The molecule has 1 N–H and O–H groups in total. The molecule has 0 aliphatic heterocycles. The Morgan fingerprint density at radius 1 is 1.37 bits per heavy atom. The van der Waals surface area contributed by atoms with E-state index in [0.717, 1.165) is 34.0 Å². The van der Waals surface area contributed by atoms with Crippen LogP contribution in [0, 0.1) is 0 Å². The molecule has 0 spiro atoms. The van der Waals surface area contributed by atoms with Gasteiger partial charge < -0.3 is 5.11 Å². The predicted octanol–water partition coefficient (Wildman–Crippen LogP) is 3.86. The van der Waals surface area contributed by atoms with E-state index in [2.05, 4.69) is 11.9 Å². The summed E-state index contributed by atoms with van der Waals surface area (Å²) in [7, 11) is 0. The van der Waals surface area contributed by atoms with Crippen LogP contribution in [0.5, 0.6) is 0 Å². The maximum absolute atomic E-state index is 10.6. The van der Waals surface area contributed by atoms with E-state index >= 15 is 0 Å². The zero-order chi connectivity index (χ0) is 13.7. The molecule has 0 radical (unpaired) electrons. The molecule has 0 atom stereocenters. The largest absolute Gasteiger partial charge is 0.478 e. The molecule has 1 aromatic heterocycles. The van der Waals surface area contributed by atoms with E-state index in [4.69, 9.17) is 5.11 Å². The topological polar surface area (TPSA) is 50.2 Å². The van der Waals surface area contributed by atoms with E-state index in [1.54, 1.807) is 6.08 Å². The third kappa shape index (κ3) is 3.51. The van der Waals surface area contributed by atoms with Crippen molar-refractivity contribution in [3.63, 3.8) is 0 Å². The molecule has 0 fully saturated rings. The molecular weight excluding hydrogens is 258 g/mol. The van der Waals surface area contributed by atoms with Gasteiger partial charge in [-0.15, -0.1) is 11.3 Å². The van der Waals surface area contributed by atoms with E-state index in [1.807, 2.05) is 30.3 Å². The molecule has 0 bridgehead atoms. The number of aliphatic carboxylic acids is 1. The van der Waals surface area contributed by atoms with Crippen LogP contribution in [0.3, 0.4) is 0 Å². The Morgan fingerprint density at radius 2 is 2.11 bits per heavy atom. The average molecular weight is 273 g/mol. The molecule has 4 heteroatoms. The Balaban J connectivity index is 2.37. The summed E-state index contributed by atoms with van der Waals surface area (Å²) >= 11 is 1.53. The van der Waals surface area contributed by atoms with Gasteiger partial charge in [-0.25, -0.2) is 9.78 Å². The highest BCUT2D eigenvalue weighted by molar-refractivity contribution is 7.16. The molecule has 0 aliphatic carbocycles. The van der Waals surface area contributed by atoms with Gasteiger partial charge in [0, 0.05) is 11.6 Å². The number of aryl methyl sites for hydroxylation is 1. The number of carboxylic acids is 1. The maximum Gasteiger partial charge on any atom is 0.328 e. The van der Waals surface area contributed by atoms with Crippen molar-refractivity contribution in [3.05, 3.63) is 47.0 Å². The SMILES string of the molecule is CCCc1nc(-c2ccccc2)sc1/C=C/C(=O)O. The van der Waals surface area contributed by atoms with Crippen molar-refractivity contribution in [2.24, 2.45) is 0 Å². The fourth-order valence-corrected chi connectivity index (χ4v) is 2.78. The Kier molecular flexibility index (Phi) is 4.47. The fourth-order valence-electron chi connectivity index (χ4n) is 1.76. The zero-order valence-corrected chi connectivity index (χ0v) is 11.5. The molecule has 98 valence electrons. The van der Waals surface area contributed by atoms with Crippen LogP contribution in [0.4, 0.5) is 0 Å². The highest BCUT2D eigenvalue weighted by Gasteiger charge is 2.10. The summed E-state index contributed by atoms with van der Waals surface area (Å²) in [6.07, 6.45) is 4.66. The Hall–Kier alpha value is -1.94. The summed E-state index contributed by atoms with van der Waals surface area (Å²) in [6, 6.07) is 9.94. The Bertz CT molecular complexity index is 587. The van der Waals surface area contributed by atoms with Crippen LogP contribution in [-0.2, 0) is 11.2 Å². The lowest BCUT2D eigenvalue weighted by molar-refractivity contribution is -0.131. The second-order valence-electron chi connectivity index (χ2n) is 4.12. The van der Waals surface area contributed by atoms with Gasteiger partial charge in [-0.3, -0.25) is 0 Å². The first-order chi connectivity index (χ1) is 9.20. The summed E-state index contributed by atoms with van der Waals surface area (Å²) in [5.74, 6) is -0.933. The van der Waals surface area contributed by atoms with Crippen molar-refractivity contribution in [2.45, 2.75) is 19.8 Å². The summed E-state index contributed by atoms with van der Waals surface area (Å²) < 4.78 is 0. The summed E-state index contributed by atoms with van der Waals surface area (Å²) in [6.45, 7) is 2.09. The van der Waals surface area contributed by atoms with Crippen LogP contribution in [-0.4, -0.2) is 16.1 Å². The van der Waals surface area contributed by atoms with Gasteiger partial charge in [0.15, 0.2) is 0 Å². The quantitative estimate of drug-likeness (QED) is 0.841. The van der Waals surface area contributed by atoms with Crippen LogP contribution in [0.1, 0.15) is 23.9 Å². The van der Waals surface area contributed by atoms with Crippen LogP contribution in [0.25, 0.3) is 16.6 Å². The predicted molar refractivity (Wildman–Crippen MR) is 78.2 cm³/mol. The van der Waals surface area contributed by atoms with Crippen molar-refractivity contribution in [2.75, 3.05) is 0 Å². The van der Waals surface area contributed by atoms with Crippen molar-refractivity contribution in [3.8, 4) is 10.6 Å². The second kappa shape index (κ2) is 6.29. The number of thiazole rings is 1. The number of nitrogens with zero attached hydrogens (tertiary/aromatic N) is 1. The fraction of sp³-hybridized carbons (Fsp3) is 0.200. The number of carbonyl (C=O) groups is 1. The number of hydrogen-bond acceptors (Lipinski definition) is 3. The third-order valence-corrected chi connectivity index (χ3v) is 3.72. The molecule has 0 aliphatic rings. The van der Waals surface area contributed by atoms with Crippen LogP contribution in [0.15, 0.2) is 36.4 Å². The van der Waals surface area contributed by atoms with Crippen molar-refractivity contribution in [1.82, 2.24) is 4.98 Å². The van der Waals surface area contributed by atoms with E-state index in [9.17, 15) is 4.79 Å². The Morgan fingerprint density at radius 3 is 2.74 bits per heavy atom. The molecule has 1 heterocycles. The zero-order valence-electron chi connectivity index (χ0n) is 10.7.